The Morgan fingerprint density at radius 3 is 2.87 bits per heavy atom. The molecular weight excluding hydrogens is 182 g/mol. The standard InChI is InChI=1S/C14H19N/c1-4-11(2)15-10-9-13-7-5-6-8-14(13)12(15)3/h5-8,11H,3-4,9-10H2,1-2H3. The third-order valence-corrected chi connectivity index (χ3v) is 3.42. The van der Waals surface area contributed by atoms with Crippen LogP contribution in [0.15, 0.2) is 30.8 Å². The lowest BCUT2D eigenvalue weighted by molar-refractivity contribution is 0.300. The van der Waals surface area contributed by atoms with E-state index in [9.17, 15) is 0 Å². The second-order valence-electron chi connectivity index (χ2n) is 4.30. The fourth-order valence-electron chi connectivity index (χ4n) is 2.26. The Bertz CT molecular complexity index is 367. The van der Waals surface area contributed by atoms with Gasteiger partial charge in [-0.3, -0.25) is 0 Å². The molecule has 0 saturated carbocycles. The zero-order valence-corrected chi connectivity index (χ0v) is 9.66. The Hall–Kier alpha value is -1.24. The third-order valence-electron chi connectivity index (χ3n) is 3.42. The largest absolute Gasteiger partial charge is 0.368 e. The van der Waals surface area contributed by atoms with Gasteiger partial charge >= 0.3 is 0 Å². The SMILES string of the molecule is C=C1c2ccccc2CCN1C(C)CC. The van der Waals surface area contributed by atoms with E-state index in [4.69, 9.17) is 0 Å². The molecule has 1 nitrogen and oxygen atoms in total. The first-order valence-electron chi connectivity index (χ1n) is 5.78. The first kappa shape index (κ1) is 10.3. The zero-order valence-electron chi connectivity index (χ0n) is 9.66. The molecule has 0 saturated heterocycles. The predicted molar refractivity (Wildman–Crippen MR) is 65.6 cm³/mol. The molecule has 80 valence electrons. The van der Waals surface area contributed by atoms with Crippen LogP contribution in [0.25, 0.3) is 5.70 Å². The average Bonchev–Trinajstić information content (AvgIpc) is 2.29. The van der Waals surface area contributed by atoms with Crippen molar-refractivity contribution < 1.29 is 0 Å². The molecule has 0 aromatic heterocycles. The Labute approximate surface area is 92.4 Å². The average molecular weight is 201 g/mol. The van der Waals surface area contributed by atoms with E-state index in [1.165, 1.54) is 23.2 Å². The van der Waals surface area contributed by atoms with Crippen LogP contribution in [0.1, 0.15) is 31.4 Å². The minimum Gasteiger partial charge on any atom is -0.368 e. The summed E-state index contributed by atoms with van der Waals surface area (Å²) in [5, 5.41) is 0. The van der Waals surface area contributed by atoms with E-state index in [2.05, 4.69) is 49.6 Å². The van der Waals surface area contributed by atoms with Gasteiger partial charge in [0, 0.05) is 23.8 Å². The predicted octanol–water partition coefficient (Wildman–Crippen LogP) is 3.31. The van der Waals surface area contributed by atoms with Crippen molar-refractivity contribution in [2.45, 2.75) is 32.7 Å². The van der Waals surface area contributed by atoms with Crippen molar-refractivity contribution in [1.82, 2.24) is 4.90 Å². The lowest BCUT2D eigenvalue weighted by Gasteiger charge is -2.37. The highest BCUT2D eigenvalue weighted by atomic mass is 15.2. The molecule has 1 unspecified atom stereocenters. The van der Waals surface area contributed by atoms with Crippen molar-refractivity contribution in [3.8, 4) is 0 Å². The van der Waals surface area contributed by atoms with Gasteiger partial charge in [0.05, 0.1) is 0 Å². The fraction of sp³-hybridized carbons (Fsp3) is 0.429. The van der Waals surface area contributed by atoms with E-state index >= 15 is 0 Å². The summed E-state index contributed by atoms with van der Waals surface area (Å²) < 4.78 is 0. The van der Waals surface area contributed by atoms with Crippen molar-refractivity contribution in [2.24, 2.45) is 0 Å². The summed E-state index contributed by atoms with van der Waals surface area (Å²) in [5.41, 5.74) is 3.98. The number of hydrogen-bond donors (Lipinski definition) is 0. The maximum Gasteiger partial charge on any atom is 0.0372 e. The second kappa shape index (κ2) is 4.09. The number of benzene rings is 1. The minimum absolute atomic E-state index is 0.603. The van der Waals surface area contributed by atoms with Crippen LogP contribution in [0.4, 0.5) is 0 Å². The molecule has 0 N–H and O–H groups in total. The Kier molecular flexibility index (Phi) is 2.81. The van der Waals surface area contributed by atoms with Gasteiger partial charge < -0.3 is 4.90 Å². The van der Waals surface area contributed by atoms with Crippen molar-refractivity contribution in [1.29, 1.82) is 0 Å². The normalized spacial score (nSPS) is 17.5. The summed E-state index contributed by atoms with van der Waals surface area (Å²) in [4.78, 5) is 2.43. The maximum absolute atomic E-state index is 4.23. The molecule has 2 rings (SSSR count). The summed E-state index contributed by atoms with van der Waals surface area (Å²) in [6.45, 7) is 9.86. The van der Waals surface area contributed by atoms with Gasteiger partial charge in [0.15, 0.2) is 0 Å². The molecule has 1 heteroatoms. The number of hydrogen-bond acceptors (Lipinski definition) is 1. The molecule has 1 aromatic carbocycles. The molecule has 1 aliphatic heterocycles. The molecule has 0 fully saturated rings. The van der Waals surface area contributed by atoms with E-state index < -0.39 is 0 Å². The van der Waals surface area contributed by atoms with Gasteiger partial charge in [0.25, 0.3) is 0 Å². The quantitative estimate of drug-likeness (QED) is 0.709. The summed E-state index contributed by atoms with van der Waals surface area (Å²) >= 11 is 0. The van der Waals surface area contributed by atoms with Gasteiger partial charge in [-0.1, -0.05) is 37.8 Å². The molecular formula is C14H19N. The molecule has 0 amide bonds. The maximum atomic E-state index is 4.23. The highest BCUT2D eigenvalue weighted by Gasteiger charge is 2.21. The first-order chi connectivity index (χ1) is 7.24. The molecule has 0 bridgehead atoms. The van der Waals surface area contributed by atoms with Gasteiger partial charge in [-0.15, -0.1) is 0 Å². The van der Waals surface area contributed by atoms with Crippen LogP contribution in [-0.2, 0) is 6.42 Å². The van der Waals surface area contributed by atoms with Crippen LogP contribution in [-0.4, -0.2) is 17.5 Å². The lowest BCUT2D eigenvalue weighted by Crippen LogP contribution is -2.35. The van der Waals surface area contributed by atoms with E-state index in [1.807, 2.05) is 0 Å². The van der Waals surface area contributed by atoms with Crippen LogP contribution in [0.3, 0.4) is 0 Å². The number of fused-ring (bicyclic) bond motifs is 1. The van der Waals surface area contributed by atoms with Gasteiger partial charge in [-0.2, -0.15) is 0 Å². The molecule has 1 heterocycles. The highest BCUT2D eigenvalue weighted by molar-refractivity contribution is 5.66. The zero-order chi connectivity index (χ0) is 10.8. The Morgan fingerprint density at radius 1 is 1.40 bits per heavy atom. The van der Waals surface area contributed by atoms with E-state index in [0.717, 1.165) is 13.0 Å². The topological polar surface area (TPSA) is 3.24 Å². The van der Waals surface area contributed by atoms with Crippen molar-refractivity contribution in [2.75, 3.05) is 6.54 Å². The molecule has 1 aromatic rings. The minimum atomic E-state index is 0.603. The van der Waals surface area contributed by atoms with Crippen molar-refractivity contribution in [3.05, 3.63) is 42.0 Å². The third kappa shape index (κ3) is 1.79. The molecule has 0 aliphatic carbocycles. The van der Waals surface area contributed by atoms with E-state index in [-0.39, 0.29) is 0 Å². The number of rotatable bonds is 2. The van der Waals surface area contributed by atoms with Gasteiger partial charge in [0.1, 0.15) is 0 Å². The molecule has 1 atom stereocenters. The lowest BCUT2D eigenvalue weighted by atomic mass is 9.96. The van der Waals surface area contributed by atoms with Crippen LogP contribution in [0.2, 0.25) is 0 Å². The summed E-state index contributed by atoms with van der Waals surface area (Å²) in [7, 11) is 0. The second-order valence-corrected chi connectivity index (χ2v) is 4.30. The molecule has 0 radical (unpaired) electrons. The van der Waals surface area contributed by atoms with Gasteiger partial charge in [-0.05, 0) is 25.3 Å². The fourth-order valence-corrected chi connectivity index (χ4v) is 2.26. The van der Waals surface area contributed by atoms with Crippen molar-refractivity contribution >= 4 is 5.70 Å². The molecule has 1 aliphatic rings. The van der Waals surface area contributed by atoms with E-state index in [0.29, 0.717) is 6.04 Å². The van der Waals surface area contributed by atoms with Crippen LogP contribution in [0, 0.1) is 0 Å². The smallest absolute Gasteiger partial charge is 0.0372 e. The van der Waals surface area contributed by atoms with Crippen LogP contribution in [0.5, 0.6) is 0 Å². The Balaban J connectivity index is 2.30. The molecule has 15 heavy (non-hydrogen) atoms. The summed E-state index contributed by atoms with van der Waals surface area (Å²) in [6, 6.07) is 9.22. The highest BCUT2D eigenvalue weighted by Crippen LogP contribution is 2.29. The van der Waals surface area contributed by atoms with Crippen LogP contribution >= 0.6 is 0 Å². The first-order valence-corrected chi connectivity index (χ1v) is 5.78. The van der Waals surface area contributed by atoms with Crippen LogP contribution < -0.4 is 0 Å². The monoisotopic (exact) mass is 201 g/mol. The summed E-state index contributed by atoms with van der Waals surface area (Å²) in [5.74, 6) is 0. The Morgan fingerprint density at radius 2 is 2.13 bits per heavy atom. The van der Waals surface area contributed by atoms with E-state index in [1.54, 1.807) is 0 Å². The van der Waals surface area contributed by atoms with Gasteiger partial charge in [0.2, 0.25) is 0 Å². The van der Waals surface area contributed by atoms with Gasteiger partial charge in [-0.25, -0.2) is 0 Å². The molecule has 0 spiro atoms. The number of nitrogens with zero attached hydrogens (tertiary/aromatic N) is 1. The van der Waals surface area contributed by atoms with Crippen molar-refractivity contribution in [3.63, 3.8) is 0 Å². The summed E-state index contributed by atoms with van der Waals surface area (Å²) in [6.07, 6.45) is 2.33.